The third kappa shape index (κ3) is 10.5. The van der Waals surface area contributed by atoms with E-state index in [0.29, 0.717) is 17.9 Å². The van der Waals surface area contributed by atoms with Gasteiger partial charge in [-0.2, -0.15) is 4.98 Å². The molecular weight excluding hydrogens is 634 g/mol. The lowest BCUT2D eigenvalue weighted by molar-refractivity contribution is -0.134. The van der Waals surface area contributed by atoms with Crippen LogP contribution in [0.25, 0.3) is 11.6 Å². The second-order valence-corrected chi connectivity index (χ2v) is 12.0. The number of carboxylic acid groups (broad SMARTS) is 2. The summed E-state index contributed by atoms with van der Waals surface area (Å²) >= 11 is 0. The highest BCUT2D eigenvalue weighted by molar-refractivity contribution is 7.92. The Labute approximate surface area is 270 Å². The number of benzene rings is 2. The van der Waals surface area contributed by atoms with Crippen LogP contribution in [0.1, 0.15) is 26.3 Å². The second-order valence-electron chi connectivity index (χ2n) is 10.3. The summed E-state index contributed by atoms with van der Waals surface area (Å²) in [5.74, 6) is -2.24. The molecule has 0 unspecified atom stereocenters. The van der Waals surface area contributed by atoms with E-state index in [9.17, 15) is 23.1 Å². The number of aliphatic hydroxyl groups excluding tert-OH is 1. The minimum absolute atomic E-state index is 0.0169. The molecule has 4 N–H and O–H groups in total. The molecule has 15 nitrogen and oxygen atoms in total. The number of nitrogens with zero attached hydrogens (tertiary/aromatic N) is 4. The molecule has 0 saturated carbocycles. The van der Waals surface area contributed by atoms with Crippen molar-refractivity contribution in [2.45, 2.75) is 31.1 Å². The topological polar surface area (TPSA) is 220 Å². The highest BCUT2D eigenvalue weighted by Gasteiger charge is 2.26. The number of anilines is 1. The minimum Gasteiger partial charge on any atom is -0.493 e. The number of carbonyl (C=O) groups is 2. The van der Waals surface area contributed by atoms with Crippen LogP contribution in [0.4, 0.5) is 5.82 Å². The summed E-state index contributed by atoms with van der Waals surface area (Å²) in [6.45, 7) is 5.65. The molecule has 0 atom stereocenters. The zero-order valence-electron chi connectivity index (χ0n) is 25.8. The van der Waals surface area contributed by atoms with Gasteiger partial charge >= 0.3 is 11.9 Å². The maximum Gasteiger partial charge on any atom is 0.328 e. The standard InChI is InChI=1S/C27H29N5O6S.C4H4O4/c1-27(2,3)18-10-12-19(13-11-18)39(34,35)32-23-22(38-21-9-6-5-8-20(21)36-4)26(37-17-16-33)31-25(30-23)24-28-14-7-15-29-24;5-3(6)1-2-4(7)8/h5-15,33H,16-17H2,1-4H3,(H,30,31,32);1-2H,(H,5,6)(H,7,8)/b;2-1-. The Balaban J connectivity index is 0.000000665. The van der Waals surface area contributed by atoms with Crippen molar-refractivity contribution in [1.82, 2.24) is 19.9 Å². The number of aliphatic carboxylic acids is 2. The molecule has 0 fully saturated rings. The van der Waals surface area contributed by atoms with Crippen LogP contribution in [0.3, 0.4) is 0 Å². The van der Waals surface area contributed by atoms with Gasteiger partial charge in [0.15, 0.2) is 23.1 Å². The van der Waals surface area contributed by atoms with E-state index >= 15 is 0 Å². The average Bonchev–Trinajstić information content (AvgIpc) is 3.04. The van der Waals surface area contributed by atoms with E-state index in [1.165, 1.54) is 31.6 Å². The molecule has 0 aliphatic carbocycles. The number of aliphatic hydroxyl groups is 1. The molecule has 16 heteroatoms. The van der Waals surface area contributed by atoms with Gasteiger partial charge in [0.05, 0.1) is 18.6 Å². The molecule has 2 aromatic carbocycles. The summed E-state index contributed by atoms with van der Waals surface area (Å²) in [4.78, 5) is 36.2. The van der Waals surface area contributed by atoms with E-state index in [2.05, 4.69) is 24.7 Å². The summed E-state index contributed by atoms with van der Waals surface area (Å²) in [5, 5.41) is 25.0. The van der Waals surface area contributed by atoms with Gasteiger partial charge in [0.1, 0.15) is 6.61 Å². The zero-order valence-corrected chi connectivity index (χ0v) is 26.6. The number of para-hydroxylation sites is 2. The smallest absolute Gasteiger partial charge is 0.328 e. The molecule has 0 spiro atoms. The van der Waals surface area contributed by atoms with E-state index in [0.717, 1.165) is 5.56 Å². The van der Waals surface area contributed by atoms with Gasteiger partial charge < -0.3 is 29.5 Å². The molecular formula is C31H33N5O10S. The lowest BCUT2D eigenvalue weighted by Crippen LogP contribution is -2.17. The number of sulfonamides is 1. The molecule has 0 aliphatic rings. The van der Waals surface area contributed by atoms with Crippen LogP contribution in [0.2, 0.25) is 0 Å². The van der Waals surface area contributed by atoms with Crippen LogP contribution in [-0.2, 0) is 25.0 Å². The van der Waals surface area contributed by atoms with Gasteiger partial charge in [-0.15, -0.1) is 0 Å². The highest BCUT2D eigenvalue weighted by atomic mass is 32.2. The Bertz CT molecular complexity index is 1800. The van der Waals surface area contributed by atoms with Crippen molar-refractivity contribution >= 4 is 27.8 Å². The van der Waals surface area contributed by atoms with Gasteiger partial charge in [-0.3, -0.25) is 4.72 Å². The number of aromatic nitrogens is 4. The largest absolute Gasteiger partial charge is 0.493 e. The fourth-order valence-corrected chi connectivity index (χ4v) is 4.63. The maximum atomic E-state index is 13.5. The molecule has 0 saturated heterocycles. The first kappa shape index (κ1) is 35.9. The van der Waals surface area contributed by atoms with Gasteiger partial charge in [-0.25, -0.2) is 33.0 Å². The first-order valence-electron chi connectivity index (χ1n) is 13.8. The van der Waals surface area contributed by atoms with Crippen LogP contribution in [0.5, 0.6) is 23.1 Å². The second kappa shape index (κ2) is 16.1. The third-order valence-corrected chi connectivity index (χ3v) is 7.20. The number of hydrogen-bond donors (Lipinski definition) is 4. The van der Waals surface area contributed by atoms with Crippen molar-refractivity contribution in [3.8, 4) is 34.8 Å². The summed E-state index contributed by atoms with van der Waals surface area (Å²) in [6.07, 6.45) is 4.12. The molecule has 2 aromatic heterocycles. The third-order valence-electron chi connectivity index (χ3n) is 5.84. The summed E-state index contributed by atoms with van der Waals surface area (Å²) < 4.78 is 46.6. The molecule has 0 bridgehead atoms. The maximum absolute atomic E-state index is 13.5. The number of nitrogens with one attached hydrogen (secondary N) is 1. The van der Waals surface area contributed by atoms with Crippen LogP contribution in [-0.4, -0.2) is 75.9 Å². The monoisotopic (exact) mass is 667 g/mol. The van der Waals surface area contributed by atoms with E-state index in [-0.39, 0.29) is 58.4 Å². The van der Waals surface area contributed by atoms with Crippen molar-refractivity contribution in [1.29, 1.82) is 0 Å². The molecule has 4 aromatic rings. The summed E-state index contributed by atoms with van der Waals surface area (Å²) in [6, 6.07) is 15.0. The van der Waals surface area contributed by atoms with E-state index < -0.39 is 22.0 Å². The highest BCUT2D eigenvalue weighted by Crippen LogP contribution is 2.41. The van der Waals surface area contributed by atoms with Crippen LogP contribution in [0, 0.1) is 0 Å². The average molecular weight is 668 g/mol. The number of carboxylic acids is 2. The fourth-order valence-electron chi connectivity index (χ4n) is 3.62. The molecule has 248 valence electrons. The minimum atomic E-state index is -4.14. The molecule has 2 heterocycles. The molecule has 0 amide bonds. The number of hydrogen-bond acceptors (Lipinski definition) is 12. The lowest BCUT2D eigenvalue weighted by atomic mass is 9.87. The van der Waals surface area contributed by atoms with Gasteiger partial charge in [0, 0.05) is 24.5 Å². The first-order chi connectivity index (χ1) is 22.2. The summed E-state index contributed by atoms with van der Waals surface area (Å²) in [7, 11) is -2.66. The van der Waals surface area contributed by atoms with Gasteiger partial charge in [0.2, 0.25) is 11.6 Å². The van der Waals surface area contributed by atoms with Crippen molar-refractivity contribution in [2.75, 3.05) is 25.0 Å². The SMILES string of the molecule is COc1ccccc1Oc1c(NS(=O)(=O)c2ccc(C(C)(C)C)cc2)nc(-c2ncccn2)nc1OCCO.O=C(O)/C=C\C(=O)O. The normalized spacial score (nSPS) is 11.3. The summed E-state index contributed by atoms with van der Waals surface area (Å²) in [5.41, 5.74) is 0.827. The van der Waals surface area contributed by atoms with Crippen molar-refractivity contribution in [3.63, 3.8) is 0 Å². The Morgan fingerprint density at radius 3 is 2.00 bits per heavy atom. The lowest BCUT2D eigenvalue weighted by Gasteiger charge is -2.20. The van der Waals surface area contributed by atoms with E-state index in [1.54, 1.807) is 42.5 Å². The molecule has 0 radical (unpaired) electrons. The quantitative estimate of drug-likeness (QED) is 0.157. The number of methoxy groups -OCH3 is 1. The van der Waals surface area contributed by atoms with E-state index in [4.69, 9.17) is 24.4 Å². The van der Waals surface area contributed by atoms with Crippen LogP contribution < -0.4 is 18.9 Å². The van der Waals surface area contributed by atoms with Crippen molar-refractivity contribution < 1.29 is 47.5 Å². The van der Waals surface area contributed by atoms with Crippen LogP contribution in [0.15, 0.2) is 84.0 Å². The van der Waals surface area contributed by atoms with Crippen molar-refractivity contribution in [2.24, 2.45) is 0 Å². The Morgan fingerprint density at radius 2 is 1.47 bits per heavy atom. The van der Waals surface area contributed by atoms with Crippen molar-refractivity contribution in [3.05, 3.63) is 84.7 Å². The van der Waals surface area contributed by atoms with Crippen LogP contribution >= 0.6 is 0 Å². The molecule has 0 aliphatic heterocycles. The predicted octanol–water partition coefficient (Wildman–Crippen LogP) is 3.92. The molecule has 47 heavy (non-hydrogen) atoms. The van der Waals surface area contributed by atoms with Gasteiger partial charge in [-0.05, 0) is 41.3 Å². The Morgan fingerprint density at radius 1 is 0.872 bits per heavy atom. The number of rotatable bonds is 12. The predicted molar refractivity (Wildman–Crippen MR) is 169 cm³/mol. The van der Waals surface area contributed by atoms with E-state index in [1.807, 2.05) is 20.8 Å². The first-order valence-corrected chi connectivity index (χ1v) is 15.2. The Hall–Kier alpha value is -5.61. The van der Waals surface area contributed by atoms with Gasteiger partial charge in [-0.1, -0.05) is 45.0 Å². The zero-order chi connectivity index (χ0) is 34.6. The number of ether oxygens (including phenoxy) is 3. The Kier molecular flexibility index (Phi) is 12.3. The fraction of sp³-hybridized carbons (Fsp3) is 0.226. The van der Waals surface area contributed by atoms with Gasteiger partial charge in [0.25, 0.3) is 15.9 Å². The molecule has 4 rings (SSSR count).